The number of imidazole rings is 1. The summed E-state index contributed by atoms with van der Waals surface area (Å²) in [5.74, 6) is -2.19. The molecule has 1 unspecified atom stereocenters. The molecule has 0 bridgehead atoms. The van der Waals surface area contributed by atoms with Crippen LogP contribution in [0.2, 0.25) is 0 Å². The number of alkyl halides is 3. The van der Waals surface area contributed by atoms with Gasteiger partial charge < -0.3 is 4.55 Å². The van der Waals surface area contributed by atoms with Crippen molar-refractivity contribution in [3.05, 3.63) is 84.5 Å². The molecule has 2 aromatic heterocycles. The van der Waals surface area contributed by atoms with Gasteiger partial charge in [0, 0.05) is 23.7 Å². The number of hydrogen-bond donors (Lipinski definition) is 0. The van der Waals surface area contributed by atoms with Crippen LogP contribution in [0.4, 0.5) is 17.6 Å². The van der Waals surface area contributed by atoms with E-state index in [1.54, 1.807) is 0 Å². The third-order valence-corrected chi connectivity index (χ3v) is 5.11. The second kappa shape index (κ2) is 8.60. The Morgan fingerprint density at radius 2 is 1.62 bits per heavy atom. The van der Waals surface area contributed by atoms with Gasteiger partial charge in [0.1, 0.15) is 12.1 Å². The van der Waals surface area contributed by atoms with E-state index in [0.717, 1.165) is 0 Å². The summed E-state index contributed by atoms with van der Waals surface area (Å²) in [7, 11) is 0. The van der Waals surface area contributed by atoms with Crippen LogP contribution in [0.1, 0.15) is 11.4 Å². The summed E-state index contributed by atoms with van der Waals surface area (Å²) in [5, 5.41) is 0. The van der Waals surface area contributed by atoms with Crippen molar-refractivity contribution < 1.29 is 26.3 Å². The average molecular weight is 461 g/mol. The molecule has 11 heteroatoms. The van der Waals surface area contributed by atoms with Crippen LogP contribution in [0.15, 0.2) is 67.3 Å². The van der Waals surface area contributed by atoms with Crippen molar-refractivity contribution >= 4 is 11.1 Å². The van der Waals surface area contributed by atoms with Gasteiger partial charge in [0.25, 0.3) is 0 Å². The van der Waals surface area contributed by atoms with Gasteiger partial charge in [-0.2, -0.15) is 13.2 Å². The molecule has 0 aliphatic heterocycles. The molecule has 4 rings (SSSR count). The number of rotatable bonds is 5. The number of benzene rings is 2. The fraction of sp³-hybridized carbons (Fsp3) is 0.0952. The van der Waals surface area contributed by atoms with Crippen molar-refractivity contribution in [2.75, 3.05) is 0 Å². The molecule has 0 aliphatic carbocycles. The van der Waals surface area contributed by atoms with Gasteiger partial charge in [0.15, 0.2) is 5.82 Å². The van der Waals surface area contributed by atoms with E-state index in [0.29, 0.717) is 16.7 Å². The second-order valence-corrected chi connectivity index (χ2v) is 7.61. The van der Waals surface area contributed by atoms with E-state index >= 15 is 0 Å². The van der Waals surface area contributed by atoms with Gasteiger partial charge in [-0.25, -0.2) is 19.3 Å². The zero-order chi connectivity index (χ0) is 22.9. The molecule has 0 aliphatic rings. The number of aromatic nitrogens is 4. The van der Waals surface area contributed by atoms with Gasteiger partial charge >= 0.3 is 6.18 Å². The molecule has 0 saturated heterocycles. The fourth-order valence-electron chi connectivity index (χ4n) is 3.13. The van der Waals surface area contributed by atoms with Crippen molar-refractivity contribution in [3.8, 4) is 28.2 Å². The van der Waals surface area contributed by atoms with Gasteiger partial charge in [-0.05, 0) is 23.3 Å². The Balaban J connectivity index is 2.00. The third kappa shape index (κ3) is 4.58. The Bertz CT molecular complexity index is 1260. The highest BCUT2D eigenvalue weighted by Crippen LogP contribution is 2.38. The Hall–Kier alpha value is -3.44. The van der Waals surface area contributed by atoms with Crippen LogP contribution in [0, 0.1) is 5.82 Å². The van der Waals surface area contributed by atoms with Crippen molar-refractivity contribution in [1.29, 1.82) is 0 Å². The maximum atomic E-state index is 13.6. The van der Waals surface area contributed by atoms with Crippen LogP contribution in [-0.2, 0) is 23.0 Å². The summed E-state index contributed by atoms with van der Waals surface area (Å²) in [6.07, 6.45) is -0.704. The number of halogens is 4. The van der Waals surface area contributed by atoms with Crippen LogP contribution in [0.25, 0.3) is 28.2 Å². The van der Waals surface area contributed by atoms with Crippen molar-refractivity contribution in [3.63, 3.8) is 0 Å². The molecule has 0 spiro atoms. The maximum absolute atomic E-state index is 13.6. The van der Waals surface area contributed by atoms with Gasteiger partial charge in [-0.1, -0.05) is 47.5 Å². The third-order valence-electron chi connectivity index (χ3n) is 4.54. The van der Waals surface area contributed by atoms with Crippen LogP contribution < -0.4 is 0 Å². The van der Waals surface area contributed by atoms with Crippen LogP contribution in [0.5, 0.6) is 0 Å². The Morgan fingerprint density at radius 1 is 0.969 bits per heavy atom. The lowest BCUT2D eigenvalue weighted by atomic mass is 9.98. The highest BCUT2D eigenvalue weighted by Gasteiger charge is 2.37. The largest absolute Gasteiger partial charge is 0.772 e. The summed E-state index contributed by atoms with van der Waals surface area (Å²) < 4.78 is 77.6. The van der Waals surface area contributed by atoms with Gasteiger partial charge in [0.2, 0.25) is 5.82 Å². The molecule has 2 heterocycles. The first-order valence-corrected chi connectivity index (χ1v) is 10.4. The standard InChI is InChI=1S/C21H14F4N4O2S/c22-16-7-5-14(6-8-16)17-18(15-3-1-13(2-4-15)11-32(30)31)27-20(21(23,24)25)28-19(17)29-10-9-26-12-29/h1-10,12H,11H2,(H,30,31)/p-1. The van der Waals surface area contributed by atoms with E-state index in [2.05, 4.69) is 15.0 Å². The zero-order valence-electron chi connectivity index (χ0n) is 16.1. The minimum atomic E-state index is -4.83. The molecule has 32 heavy (non-hydrogen) atoms. The number of hydrogen-bond acceptors (Lipinski definition) is 5. The molecular weight excluding hydrogens is 448 g/mol. The van der Waals surface area contributed by atoms with Crippen molar-refractivity contribution in [2.24, 2.45) is 0 Å². The smallest absolute Gasteiger partial charge is 0.451 e. The van der Waals surface area contributed by atoms with Crippen molar-refractivity contribution in [2.45, 2.75) is 11.9 Å². The van der Waals surface area contributed by atoms with E-state index in [1.165, 1.54) is 71.8 Å². The monoisotopic (exact) mass is 461 g/mol. The molecule has 2 aromatic carbocycles. The molecule has 0 N–H and O–H groups in total. The molecule has 0 fully saturated rings. The molecule has 0 saturated carbocycles. The topological polar surface area (TPSA) is 83.7 Å². The molecule has 1 atom stereocenters. The molecule has 4 aromatic rings. The van der Waals surface area contributed by atoms with Crippen LogP contribution in [-0.4, -0.2) is 28.3 Å². The lowest BCUT2D eigenvalue weighted by molar-refractivity contribution is -0.144. The first-order valence-electron chi connectivity index (χ1n) is 9.11. The highest BCUT2D eigenvalue weighted by atomic mass is 32.2. The van der Waals surface area contributed by atoms with Gasteiger partial charge in [-0.3, -0.25) is 8.78 Å². The zero-order valence-corrected chi connectivity index (χ0v) is 16.9. The lowest BCUT2D eigenvalue weighted by Crippen LogP contribution is -2.15. The SMILES string of the molecule is O=S([O-])Cc1ccc(-c2nc(C(F)(F)F)nc(-n3ccnc3)c2-c2ccc(F)cc2)cc1. The molecule has 0 amide bonds. The second-order valence-electron chi connectivity index (χ2n) is 6.71. The van der Waals surface area contributed by atoms with Gasteiger partial charge in [0.05, 0.1) is 11.3 Å². The highest BCUT2D eigenvalue weighted by molar-refractivity contribution is 7.78. The van der Waals surface area contributed by atoms with Gasteiger partial charge in [-0.15, -0.1) is 0 Å². The predicted octanol–water partition coefficient (Wildman–Crippen LogP) is 4.53. The number of nitrogens with zero attached hydrogens (tertiary/aromatic N) is 4. The Labute approximate surface area is 181 Å². The molecule has 164 valence electrons. The summed E-state index contributed by atoms with van der Waals surface area (Å²) in [4.78, 5) is 11.4. The van der Waals surface area contributed by atoms with Crippen LogP contribution in [0.3, 0.4) is 0 Å². The minimum Gasteiger partial charge on any atom is -0.772 e. The van der Waals surface area contributed by atoms with Crippen molar-refractivity contribution in [1.82, 2.24) is 19.5 Å². The first kappa shape index (κ1) is 21.8. The molecule has 0 radical (unpaired) electrons. The van der Waals surface area contributed by atoms with E-state index < -0.39 is 28.9 Å². The van der Waals surface area contributed by atoms with Crippen LogP contribution >= 0.6 is 0 Å². The fourth-order valence-corrected chi connectivity index (χ4v) is 3.60. The summed E-state index contributed by atoms with van der Waals surface area (Å²) in [5.41, 5.74) is 1.35. The quantitative estimate of drug-likeness (QED) is 0.322. The van der Waals surface area contributed by atoms with E-state index in [-0.39, 0.29) is 22.8 Å². The normalized spacial score (nSPS) is 12.7. The Kier molecular flexibility index (Phi) is 5.85. The van der Waals surface area contributed by atoms with E-state index in [9.17, 15) is 26.3 Å². The maximum Gasteiger partial charge on any atom is 0.451 e. The summed E-state index contributed by atoms with van der Waals surface area (Å²) in [6, 6.07) is 11.1. The Morgan fingerprint density at radius 3 is 2.19 bits per heavy atom. The minimum absolute atomic E-state index is 0.0440. The first-order chi connectivity index (χ1) is 15.2. The average Bonchev–Trinajstić information content (AvgIpc) is 3.28. The molecule has 6 nitrogen and oxygen atoms in total. The summed E-state index contributed by atoms with van der Waals surface area (Å²) in [6.45, 7) is 0. The molecular formula is C21H13F4N4O2S-. The summed E-state index contributed by atoms with van der Waals surface area (Å²) >= 11 is -2.31. The predicted molar refractivity (Wildman–Crippen MR) is 108 cm³/mol. The van der Waals surface area contributed by atoms with E-state index in [4.69, 9.17) is 0 Å². The van der Waals surface area contributed by atoms with E-state index in [1.807, 2.05) is 0 Å². The lowest BCUT2D eigenvalue weighted by Gasteiger charge is -2.17.